The van der Waals surface area contributed by atoms with Crippen LogP contribution in [0.3, 0.4) is 0 Å². The van der Waals surface area contributed by atoms with Crippen LogP contribution in [-0.2, 0) is 14.3 Å². The van der Waals surface area contributed by atoms with Gasteiger partial charge in [0.05, 0.1) is 0 Å². The Kier molecular flexibility index (Phi) is 5.98. The van der Waals surface area contributed by atoms with Crippen LogP contribution in [0.1, 0.15) is 19.4 Å². The van der Waals surface area contributed by atoms with Crippen molar-refractivity contribution in [3.63, 3.8) is 0 Å². The van der Waals surface area contributed by atoms with E-state index in [1.807, 2.05) is 30.3 Å². The summed E-state index contributed by atoms with van der Waals surface area (Å²) in [5.41, 5.74) is 0.885. The highest BCUT2D eigenvalue weighted by Crippen LogP contribution is 2.01. The molecule has 0 bridgehead atoms. The van der Waals surface area contributed by atoms with Crippen molar-refractivity contribution in [2.75, 3.05) is 0 Å². The van der Waals surface area contributed by atoms with Gasteiger partial charge in [0.2, 0.25) is 5.91 Å². The van der Waals surface area contributed by atoms with Gasteiger partial charge in [-0.25, -0.2) is 4.79 Å². The zero-order valence-corrected chi connectivity index (χ0v) is 11.4. The molecule has 1 N–H and O–H groups in total. The first-order chi connectivity index (χ1) is 9.52. The summed E-state index contributed by atoms with van der Waals surface area (Å²) >= 11 is 0. The molecule has 20 heavy (non-hydrogen) atoms. The molecule has 0 aliphatic carbocycles. The van der Waals surface area contributed by atoms with E-state index in [-0.39, 0.29) is 0 Å². The topological polar surface area (TPSA) is 79.2 Å². The fraction of sp³-hybridized carbons (Fsp3) is 0.267. The van der Waals surface area contributed by atoms with Crippen LogP contribution in [-0.4, -0.2) is 24.0 Å². The summed E-state index contributed by atoms with van der Waals surface area (Å²) in [6.45, 7) is 2.96. The molecule has 0 aliphatic heterocycles. The maximum atomic E-state index is 11.6. The smallest absolute Gasteiger partial charge is 0.329 e. The molecule has 0 heterocycles. The van der Waals surface area contributed by atoms with Crippen molar-refractivity contribution in [1.29, 1.82) is 5.26 Å². The van der Waals surface area contributed by atoms with Crippen molar-refractivity contribution in [2.24, 2.45) is 0 Å². The molecular formula is C15H16N2O3. The molecule has 0 aromatic heterocycles. The van der Waals surface area contributed by atoms with Crippen molar-refractivity contribution >= 4 is 18.0 Å². The molecule has 0 spiro atoms. The fourth-order valence-corrected chi connectivity index (χ4v) is 1.36. The zero-order chi connectivity index (χ0) is 15.0. The number of nitrogens with zero attached hydrogens (tertiary/aromatic N) is 1. The van der Waals surface area contributed by atoms with Gasteiger partial charge < -0.3 is 10.1 Å². The zero-order valence-electron chi connectivity index (χ0n) is 11.4. The number of esters is 1. The predicted octanol–water partition coefficient (Wildman–Crippen LogP) is 1.66. The summed E-state index contributed by atoms with van der Waals surface area (Å²) in [7, 11) is 0. The molecule has 0 radical (unpaired) electrons. The lowest BCUT2D eigenvalue weighted by Crippen LogP contribution is -2.39. The Morgan fingerprint density at radius 2 is 1.95 bits per heavy atom. The second kappa shape index (κ2) is 7.74. The van der Waals surface area contributed by atoms with Crippen molar-refractivity contribution < 1.29 is 14.3 Å². The lowest BCUT2D eigenvalue weighted by molar-refractivity contribution is -0.149. The Balaban J connectivity index is 2.48. The SMILES string of the molecule is C[C@H](NC(=O)/C=C/c1ccccc1)C(=O)O[C@@H](C)C#N. The van der Waals surface area contributed by atoms with Gasteiger partial charge in [-0.05, 0) is 25.5 Å². The van der Waals surface area contributed by atoms with E-state index in [1.54, 1.807) is 12.1 Å². The van der Waals surface area contributed by atoms with Gasteiger partial charge in [0.15, 0.2) is 6.10 Å². The van der Waals surface area contributed by atoms with E-state index in [0.29, 0.717) is 0 Å². The Morgan fingerprint density at radius 3 is 2.55 bits per heavy atom. The molecule has 0 saturated carbocycles. The maximum Gasteiger partial charge on any atom is 0.329 e. The first kappa shape index (κ1) is 15.4. The number of rotatable bonds is 5. The number of hydrogen-bond acceptors (Lipinski definition) is 4. The van der Waals surface area contributed by atoms with E-state index in [4.69, 9.17) is 10.00 Å². The molecule has 5 heteroatoms. The van der Waals surface area contributed by atoms with Crippen LogP contribution in [0.15, 0.2) is 36.4 Å². The molecule has 1 amide bonds. The summed E-state index contributed by atoms with van der Waals surface area (Å²) in [6, 6.07) is 10.3. The van der Waals surface area contributed by atoms with Crippen molar-refractivity contribution in [3.05, 3.63) is 42.0 Å². The molecule has 5 nitrogen and oxygen atoms in total. The highest BCUT2D eigenvalue weighted by molar-refractivity contribution is 5.94. The summed E-state index contributed by atoms with van der Waals surface area (Å²) in [5, 5.41) is 11.0. The van der Waals surface area contributed by atoms with E-state index in [9.17, 15) is 9.59 Å². The number of benzene rings is 1. The molecule has 1 aromatic rings. The minimum absolute atomic E-state index is 0.400. The third-order valence-electron chi connectivity index (χ3n) is 2.41. The van der Waals surface area contributed by atoms with Crippen LogP contribution in [0.4, 0.5) is 0 Å². The lowest BCUT2D eigenvalue weighted by atomic mass is 10.2. The van der Waals surface area contributed by atoms with Gasteiger partial charge >= 0.3 is 5.97 Å². The second-order valence-electron chi connectivity index (χ2n) is 4.18. The number of hydrogen-bond donors (Lipinski definition) is 1. The number of ether oxygens (including phenoxy) is 1. The fourth-order valence-electron chi connectivity index (χ4n) is 1.36. The van der Waals surface area contributed by atoms with Crippen LogP contribution < -0.4 is 5.32 Å². The molecule has 104 valence electrons. The van der Waals surface area contributed by atoms with Gasteiger partial charge in [-0.3, -0.25) is 4.79 Å². The van der Waals surface area contributed by atoms with Gasteiger partial charge in [0.1, 0.15) is 12.1 Å². The molecule has 0 saturated heterocycles. The lowest BCUT2D eigenvalue weighted by Gasteiger charge is -2.12. The average Bonchev–Trinajstić information content (AvgIpc) is 2.45. The normalized spacial score (nSPS) is 13.2. The standard InChI is InChI=1S/C15H16N2O3/c1-11(10-16)20-15(19)12(2)17-14(18)9-8-13-6-4-3-5-7-13/h3-9,11-12H,1-2H3,(H,17,18)/b9-8+/t11-,12-/m0/s1. The van der Waals surface area contributed by atoms with E-state index in [1.165, 1.54) is 19.9 Å². The van der Waals surface area contributed by atoms with E-state index < -0.39 is 24.0 Å². The summed E-state index contributed by atoms with van der Waals surface area (Å²) < 4.78 is 4.79. The van der Waals surface area contributed by atoms with Crippen molar-refractivity contribution in [2.45, 2.75) is 26.0 Å². The molecule has 1 rings (SSSR count). The Bertz CT molecular complexity index is 532. The monoisotopic (exact) mass is 272 g/mol. The molecule has 0 fully saturated rings. The molecule has 2 atom stereocenters. The van der Waals surface area contributed by atoms with Crippen molar-refractivity contribution in [1.82, 2.24) is 5.32 Å². The first-order valence-electron chi connectivity index (χ1n) is 6.16. The average molecular weight is 272 g/mol. The van der Waals surface area contributed by atoms with E-state index >= 15 is 0 Å². The predicted molar refractivity (Wildman–Crippen MR) is 74.2 cm³/mol. The van der Waals surface area contributed by atoms with Gasteiger partial charge in [0, 0.05) is 6.08 Å². The van der Waals surface area contributed by atoms with Crippen LogP contribution >= 0.6 is 0 Å². The Hall–Kier alpha value is -2.61. The summed E-state index contributed by atoms with van der Waals surface area (Å²) in [6.07, 6.45) is 2.15. The highest BCUT2D eigenvalue weighted by atomic mass is 16.5. The van der Waals surface area contributed by atoms with Crippen LogP contribution in [0, 0.1) is 11.3 Å². The summed E-state index contributed by atoms with van der Waals surface area (Å²) in [5.74, 6) is -1.04. The second-order valence-corrected chi connectivity index (χ2v) is 4.18. The van der Waals surface area contributed by atoms with Gasteiger partial charge in [-0.1, -0.05) is 30.3 Å². The highest BCUT2D eigenvalue weighted by Gasteiger charge is 2.18. The van der Waals surface area contributed by atoms with E-state index in [0.717, 1.165) is 5.56 Å². The number of amides is 1. The quantitative estimate of drug-likeness (QED) is 0.653. The van der Waals surface area contributed by atoms with Gasteiger partial charge in [0.25, 0.3) is 0 Å². The largest absolute Gasteiger partial charge is 0.446 e. The summed E-state index contributed by atoms with van der Waals surface area (Å²) in [4.78, 5) is 23.1. The van der Waals surface area contributed by atoms with Crippen molar-refractivity contribution in [3.8, 4) is 6.07 Å². The molecular weight excluding hydrogens is 256 g/mol. The minimum atomic E-state index is -0.832. The van der Waals surface area contributed by atoms with Gasteiger partial charge in [-0.15, -0.1) is 0 Å². The molecule has 0 unspecified atom stereocenters. The molecule has 1 aromatic carbocycles. The number of nitrogens with one attached hydrogen (secondary N) is 1. The maximum absolute atomic E-state index is 11.6. The number of carbonyl (C=O) groups is 2. The van der Waals surface area contributed by atoms with E-state index in [2.05, 4.69) is 5.32 Å². The molecule has 0 aliphatic rings. The van der Waals surface area contributed by atoms with Crippen LogP contribution in [0.5, 0.6) is 0 Å². The third kappa shape index (κ3) is 5.36. The Labute approximate surface area is 117 Å². The number of nitriles is 1. The van der Waals surface area contributed by atoms with Gasteiger partial charge in [-0.2, -0.15) is 5.26 Å². The Morgan fingerprint density at radius 1 is 1.30 bits per heavy atom. The van der Waals surface area contributed by atoms with Crippen LogP contribution in [0.25, 0.3) is 6.08 Å². The number of carbonyl (C=O) groups excluding carboxylic acids is 2. The third-order valence-corrected chi connectivity index (χ3v) is 2.41. The first-order valence-corrected chi connectivity index (χ1v) is 6.16. The van der Waals surface area contributed by atoms with Crippen LogP contribution in [0.2, 0.25) is 0 Å². The minimum Gasteiger partial charge on any atom is -0.446 e.